The Kier molecular flexibility index (Phi) is 5.99. The third-order valence-corrected chi connectivity index (χ3v) is 4.68. The number of hydrogen-bond donors (Lipinski definition) is 2. The zero-order valence-electron chi connectivity index (χ0n) is 16.0. The predicted molar refractivity (Wildman–Crippen MR) is 97.8 cm³/mol. The van der Waals surface area contributed by atoms with Crippen LogP contribution in [0.15, 0.2) is 18.2 Å². The van der Waals surface area contributed by atoms with Crippen molar-refractivity contribution in [2.75, 3.05) is 13.4 Å². The lowest BCUT2D eigenvalue weighted by molar-refractivity contribution is -0.131. The van der Waals surface area contributed by atoms with Crippen molar-refractivity contribution in [1.29, 1.82) is 0 Å². The zero-order valence-corrected chi connectivity index (χ0v) is 16.0. The minimum absolute atomic E-state index is 0.0214. The first-order valence-electron chi connectivity index (χ1n) is 8.93. The first-order valence-corrected chi connectivity index (χ1v) is 8.93. The van der Waals surface area contributed by atoms with Crippen LogP contribution < -0.4 is 14.8 Å². The Hall–Kier alpha value is -1.75. The molecule has 0 fully saturated rings. The lowest BCUT2D eigenvalue weighted by Crippen LogP contribution is -2.44. The number of ether oxygens (including phenoxy) is 2. The summed E-state index contributed by atoms with van der Waals surface area (Å²) in [6.07, 6.45) is 2.15. The molecule has 1 aliphatic heterocycles. The Bertz CT molecular complexity index is 610. The van der Waals surface area contributed by atoms with Gasteiger partial charge in [-0.3, -0.25) is 4.79 Å². The van der Waals surface area contributed by atoms with Gasteiger partial charge in [0.25, 0.3) is 0 Å². The average Bonchev–Trinajstić information content (AvgIpc) is 2.93. The van der Waals surface area contributed by atoms with Crippen LogP contribution in [0.25, 0.3) is 0 Å². The Labute approximate surface area is 150 Å². The Balaban J connectivity index is 1.92. The first kappa shape index (κ1) is 19.6. The van der Waals surface area contributed by atoms with E-state index in [-0.39, 0.29) is 30.8 Å². The number of carbonyl (C=O) groups excluding carboxylic acids is 1. The monoisotopic (exact) mass is 349 g/mol. The van der Waals surface area contributed by atoms with E-state index in [4.69, 9.17) is 9.47 Å². The molecule has 0 spiro atoms. The second-order valence-electron chi connectivity index (χ2n) is 8.46. The first-order chi connectivity index (χ1) is 11.6. The smallest absolute Gasteiger partial charge is 0.231 e. The fraction of sp³-hybridized carbons (Fsp3) is 0.650. The molecule has 1 heterocycles. The van der Waals surface area contributed by atoms with E-state index in [2.05, 4.69) is 19.2 Å². The second kappa shape index (κ2) is 7.65. The van der Waals surface area contributed by atoms with E-state index in [9.17, 15) is 9.90 Å². The number of aliphatic hydroxyl groups excluding tert-OH is 1. The van der Waals surface area contributed by atoms with Gasteiger partial charge in [0.15, 0.2) is 11.5 Å². The van der Waals surface area contributed by atoms with E-state index in [1.807, 2.05) is 39.0 Å². The minimum atomic E-state index is -0.484. The van der Waals surface area contributed by atoms with Gasteiger partial charge in [-0.15, -0.1) is 0 Å². The van der Waals surface area contributed by atoms with Gasteiger partial charge in [-0.05, 0) is 49.3 Å². The standard InChI is InChI=1S/C20H31NO4/c1-14(10-15-6-7-16-17(11-15)25-13-24-16)21-18(23)20(4,5)12-19(2,3)8-9-22/h6-7,11,14,22H,8-10,12-13H2,1-5H3,(H,21,23). The molecule has 0 saturated heterocycles. The van der Waals surface area contributed by atoms with E-state index in [0.717, 1.165) is 29.9 Å². The molecule has 1 amide bonds. The molecule has 0 saturated carbocycles. The SMILES string of the molecule is CC(Cc1ccc2c(c1)OCO2)NC(=O)C(C)(C)CC(C)(C)CCO. The van der Waals surface area contributed by atoms with Gasteiger partial charge >= 0.3 is 0 Å². The third-order valence-electron chi connectivity index (χ3n) is 4.68. The molecular formula is C20H31NO4. The van der Waals surface area contributed by atoms with E-state index < -0.39 is 5.41 Å². The highest BCUT2D eigenvalue weighted by atomic mass is 16.7. The molecule has 2 rings (SSSR count). The maximum atomic E-state index is 12.7. The Morgan fingerprint density at radius 3 is 2.60 bits per heavy atom. The summed E-state index contributed by atoms with van der Waals surface area (Å²) in [4.78, 5) is 12.7. The summed E-state index contributed by atoms with van der Waals surface area (Å²) in [6.45, 7) is 10.5. The summed E-state index contributed by atoms with van der Waals surface area (Å²) < 4.78 is 10.7. The molecule has 0 bridgehead atoms. The molecule has 140 valence electrons. The van der Waals surface area contributed by atoms with Crippen molar-refractivity contribution in [3.05, 3.63) is 23.8 Å². The number of benzene rings is 1. The molecule has 0 aliphatic carbocycles. The maximum absolute atomic E-state index is 12.7. The van der Waals surface area contributed by atoms with Crippen molar-refractivity contribution in [3.8, 4) is 11.5 Å². The summed E-state index contributed by atoms with van der Waals surface area (Å²) in [5.74, 6) is 1.58. The van der Waals surface area contributed by atoms with Crippen LogP contribution in [0.4, 0.5) is 0 Å². The van der Waals surface area contributed by atoms with Crippen molar-refractivity contribution in [1.82, 2.24) is 5.32 Å². The highest BCUT2D eigenvalue weighted by Crippen LogP contribution is 2.36. The summed E-state index contributed by atoms with van der Waals surface area (Å²) in [5, 5.41) is 12.3. The molecule has 0 radical (unpaired) electrons. The summed E-state index contributed by atoms with van der Waals surface area (Å²) >= 11 is 0. The van der Waals surface area contributed by atoms with Crippen LogP contribution in [0.2, 0.25) is 0 Å². The zero-order chi connectivity index (χ0) is 18.7. The van der Waals surface area contributed by atoms with Crippen LogP contribution in [0.3, 0.4) is 0 Å². The highest BCUT2D eigenvalue weighted by Gasteiger charge is 2.34. The van der Waals surface area contributed by atoms with Gasteiger partial charge in [0.1, 0.15) is 0 Å². The van der Waals surface area contributed by atoms with E-state index >= 15 is 0 Å². The molecule has 1 aliphatic rings. The van der Waals surface area contributed by atoms with Crippen LogP contribution in [0, 0.1) is 10.8 Å². The van der Waals surface area contributed by atoms with Gasteiger partial charge < -0.3 is 19.9 Å². The normalized spacial score (nSPS) is 15.1. The third kappa shape index (κ3) is 5.36. The molecule has 1 aromatic rings. The molecule has 0 aromatic heterocycles. The number of rotatable bonds is 8. The second-order valence-corrected chi connectivity index (χ2v) is 8.46. The molecule has 5 nitrogen and oxygen atoms in total. The lowest BCUT2D eigenvalue weighted by atomic mass is 9.73. The predicted octanol–water partition coefficient (Wildman–Crippen LogP) is 3.29. The molecule has 5 heteroatoms. The average molecular weight is 349 g/mol. The molecule has 2 N–H and O–H groups in total. The van der Waals surface area contributed by atoms with Crippen molar-refractivity contribution in [3.63, 3.8) is 0 Å². The quantitative estimate of drug-likeness (QED) is 0.756. The number of fused-ring (bicyclic) bond motifs is 1. The van der Waals surface area contributed by atoms with Gasteiger partial charge in [-0.1, -0.05) is 33.8 Å². The van der Waals surface area contributed by atoms with Crippen LogP contribution in [-0.4, -0.2) is 30.5 Å². The summed E-state index contributed by atoms with van der Waals surface area (Å²) in [7, 11) is 0. The number of nitrogens with one attached hydrogen (secondary N) is 1. The fourth-order valence-electron chi connectivity index (χ4n) is 3.56. The Morgan fingerprint density at radius 2 is 1.92 bits per heavy atom. The number of hydrogen-bond acceptors (Lipinski definition) is 4. The van der Waals surface area contributed by atoms with Gasteiger partial charge in [-0.25, -0.2) is 0 Å². The molecule has 1 aromatic carbocycles. The lowest BCUT2D eigenvalue weighted by Gasteiger charge is -2.34. The van der Waals surface area contributed by atoms with Gasteiger partial charge in [0, 0.05) is 18.1 Å². The molecule has 1 atom stereocenters. The minimum Gasteiger partial charge on any atom is -0.454 e. The summed E-state index contributed by atoms with van der Waals surface area (Å²) in [5.41, 5.74) is 0.549. The molecule has 25 heavy (non-hydrogen) atoms. The largest absolute Gasteiger partial charge is 0.454 e. The molecule has 1 unspecified atom stereocenters. The number of carbonyl (C=O) groups is 1. The fourth-order valence-corrected chi connectivity index (χ4v) is 3.56. The van der Waals surface area contributed by atoms with E-state index in [1.165, 1.54) is 0 Å². The van der Waals surface area contributed by atoms with Crippen molar-refractivity contribution in [2.24, 2.45) is 10.8 Å². The van der Waals surface area contributed by atoms with E-state index in [0.29, 0.717) is 6.42 Å². The Morgan fingerprint density at radius 1 is 1.24 bits per heavy atom. The number of amides is 1. The van der Waals surface area contributed by atoms with Crippen LogP contribution in [0.5, 0.6) is 11.5 Å². The van der Waals surface area contributed by atoms with Crippen LogP contribution in [0.1, 0.15) is 53.0 Å². The molecular weight excluding hydrogens is 318 g/mol. The maximum Gasteiger partial charge on any atom is 0.231 e. The van der Waals surface area contributed by atoms with E-state index in [1.54, 1.807) is 0 Å². The van der Waals surface area contributed by atoms with Gasteiger partial charge in [0.2, 0.25) is 12.7 Å². The van der Waals surface area contributed by atoms with Gasteiger partial charge in [-0.2, -0.15) is 0 Å². The van der Waals surface area contributed by atoms with Crippen molar-refractivity contribution < 1.29 is 19.4 Å². The number of aliphatic hydroxyl groups is 1. The highest BCUT2D eigenvalue weighted by molar-refractivity contribution is 5.82. The van der Waals surface area contributed by atoms with Crippen molar-refractivity contribution in [2.45, 2.75) is 59.9 Å². The topological polar surface area (TPSA) is 67.8 Å². The van der Waals surface area contributed by atoms with Gasteiger partial charge in [0.05, 0.1) is 0 Å². The summed E-state index contributed by atoms with van der Waals surface area (Å²) in [6, 6.07) is 5.91. The van der Waals surface area contributed by atoms with Crippen LogP contribution >= 0.6 is 0 Å². The van der Waals surface area contributed by atoms with Crippen molar-refractivity contribution >= 4 is 5.91 Å². The van der Waals surface area contributed by atoms with Crippen LogP contribution in [-0.2, 0) is 11.2 Å².